The number of halogens is 3. The minimum absolute atomic E-state index is 0.108. The summed E-state index contributed by atoms with van der Waals surface area (Å²) in [6.07, 6.45) is 1.51. The summed E-state index contributed by atoms with van der Waals surface area (Å²) in [4.78, 5) is 16.3. The Bertz CT molecular complexity index is 891. The van der Waals surface area contributed by atoms with Crippen LogP contribution >= 0.6 is 34.8 Å². The summed E-state index contributed by atoms with van der Waals surface area (Å²) >= 11 is 18.1. The van der Waals surface area contributed by atoms with Crippen LogP contribution in [-0.4, -0.2) is 19.0 Å². The van der Waals surface area contributed by atoms with Crippen LogP contribution in [0.1, 0.15) is 11.1 Å². The zero-order valence-corrected chi connectivity index (χ0v) is 14.6. The number of nitrogens with zero attached hydrogens (tertiary/aromatic N) is 1. The van der Waals surface area contributed by atoms with Gasteiger partial charge >= 0.3 is 5.97 Å². The van der Waals surface area contributed by atoms with Crippen LogP contribution in [0.5, 0.6) is 5.75 Å². The second kappa shape index (κ2) is 6.85. The third-order valence-electron chi connectivity index (χ3n) is 3.29. The molecule has 0 amide bonds. The van der Waals surface area contributed by atoms with Gasteiger partial charge < -0.3 is 9.47 Å². The van der Waals surface area contributed by atoms with Crippen LogP contribution in [-0.2, 0) is 9.53 Å². The Morgan fingerprint density at radius 2 is 1.96 bits per heavy atom. The smallest absolute Gasteiger partial charge is 0.363 e. The minimum Gasteiger partial charge on any atom is -0.496 e. The van der Waals surface area contributed by atoms with Crippen LogP contribution < -0.4 is 4.74 Å². The van der Waals surface area contributed by atoms with Gasteiger partial charge in [-0.2, -0.15) is 0 Å². The molecule has 0 atom stereocenters. The summed E-state index contributed by atoms with van der Waals surface area (Å²) in [6.45, 7) is 0. The number of methoxy groups -OCH3 is 1. The van der Waals surface area contributed by atoms with E-state index < -0.39 is 5.97 Å². The SMILES string of the molecule is COc1ccc(Cl)cc1C1=N/C(=C\c2cccc(Cl)c2Cl)C(=O)O1. The largest absolute Gasteiger partial charge is 0.496 e. The van der Waals surface area contributed by atoms with Gasteiger partial charge in [0.05, 0.1) is 22.7 Å². The fourth-order valence-corrected chi connectivity index (χ4v) is 2.69. The van der Waals surface area contributed by atoms with E-state index >= 15 is 0 Å². The number of esters is 1. The number of carbonyl (C=O) groups is 1. The van der Waals surface area contributed by atoms with Gasteiger partial charge in [-0.25, -0.2) is 9.79 Å². The van der Waals surface area contributed by atoms with Gasteiger partial charge in [0.1, 0.15) is 5.75 Å². The Morgan fingerprint density at radius 1 is 1.17 bits per heavy atom. The van der Waals surface area contributed by atoms with Gasteiger partial charge in [0, 0.05) is 5.02 Å². The predicted octanol–water partition coefficient (Wildman–Crippen LogP) is 5.00. The number of hydrogen-bond acceptors (Lipinski definition) is 4. The van der Waals surface area contributed by atoms with Crippen molar-refractivity contribution in [2.24, 2.45) is 4.99 Å². The Kier molecular flexibility index (Phi) is 4.81. The topological polar surface area (TPSA) is 47.9 Å². The average molecular weight is 383 g/mol. The summed E-state index contributed by atoms with van der Waals surface area (Å²) in [5, 5.41) is 1.20. The van der Waals surface area contributed by atoms with E-state index in [1.54, 1.807) is 36.4 Å². The monoisotopic (exact) mass is 381 g/mol. The molecule has 0 aromatic heterocycles. The molecule has 0 spiro atoms. The lowest BCUT2D eigenvalue weighted by molar-refractivity contribution is -0.129. The first-order chi connectivity index (χ1) is 11.5. The summed E-state index contributed by atoms with van der Waals surface area (Å²) < 4.78 is 10.5. The molecule has 122 valence electrons. The third-order valence-corrected chi connectivity index (χ3v) is 4.35. The maximum atomic E-state index is 12.1. The van der Waals surface area contributed by atoms with Crippen LogP contribution in [0.25, 0.3) is 6.08 Å². The molecule has 24 heavy (non-hydrogen) atoms. The van der Waals surface area contributed by atoms with Crippen molar-refractivity contribution in [2.45, 2.75) is 0 Å². The van der Waals surface area contributed by atoms with E-state index in [1.165, 1.54) is 13.2 Å². The van der Waals surface area contributed by atoms with Crippen LogP contribution in [0.15, 0.2) is 47.1 Å². The summed E-state index contributed by atoms with van der Waals surface area (Å²) in [6, 6.07) is 10.1. The van der Waals surface area contributed by atoms with Crippen molar-refractivity contribution in [1.82, 2.24) is 0 Å². The first-order valence-electron chi connectivity index (χ1n) is 6.80. The van der Waals surface area contributed by atoms with Gasteiger partial charge in [0.2, 0.25) is 5.90 Å². The van der Waals surface area contributed by atoms with Crippen LogP contribution in [0, 0.1) is 0 Å². The lowest BCUT2D eigenvalue weighted by Gasteiger charge is -2.07. The van der Waals surface area contributed by atoms with Gasteiger partial charge in [-0.3, -0.25) is 0 Å². The Labute approximate surface area is 153 Å². The summed E-state index contributed by atoms with van der Waals surface area (Å²) in [5.41, 5.74) is 1.16. The van der Waals surface area contributed by atoms with Crippen LogP contribution in [0.3, 0.4) is 0 Å². The second-order valence-corrected chi connectivity index (χ2v) is 6.05. The lowest BCUT2D eigenvalue weighted by Crippen LogP contribution is -2.07. The molecule has 1 aliphatic rings. The number of carbonyl (C=O) groups excluding carboxylic acids is 1. The molecule has 0 bridgehead atoms. The predicted molar refractivity (Wildman–Crippen MR) is 95.1 cm³/mol. The lowest BCUT2D eigenvalue weighted by atomic mass is 10.2. The van der Waals surface area contributed by atoms with Crippen molar-refractivity contribution < 1.29 is 14.3 Å². The Morgan fingerprint density at radius 3 is 2.71 bits per heavy atom. The van der Waals surface area contributed by atoms with Crippen molar-refractivity contribution in [3.05, 3.63) is 68.3 Å². The fourth-order valence-electron chi connectivity index (χ4n) is 2.15. The molecule has 0 N–H and O–H groups in total. The van der Waals surface area contributed by atoms with Gasteiger partial charge in [-0.05, 0) is 35.9 Å². The Hall–Kier alpha value is -2.01. The van der Waals surface area contributed by atoms with Gasteiger partial charge in [-0.1, -0.05) is 46.9 Å². The Balaban J connectivity index is 2.04. The highest BCUT2D eigenvalue weighted by Gasteiger charge is 2.26. The molecule has 2 aromatic carbocycles. The number of aliphatic imine (C=N–C) groups is 1. The number of hydrogen-bond donors (Lipinski definition) is 0. The average Bonchev–Trinajstić information content (AvgIpc) is 2.92. The standard InChI is InChI=1S/C17H10Cl3NO3/c1-23-14-6-5-10(18)8-11(14)16-21-13(17(22)24-16)7-9-3-2-4-12(19)15(9)20/h2-8H,1H3/b13-7-. The zero-order chi connectivity index (χ0) is 17.3. The van der Waals surface area contributed by atoms with E-state index in [9.17, 15) is 4.79 Å². The molecule has 2 aromatic rings. The van der Waals surface area contributed by atoms with Gasteiger partial charge in [-0.15, -0.1) is 0 Å². The minimum atomic E-state index is -0.594. The zero-order valence-electron chi connectivity index (χ0n) is 12.3. The highest BCUT2D eigenvalue weighted by molar-refractivity contribution is 6.43. The molecule has 0 saturated heterocycles. The maximum absolute atomic E-state index is 12.1. The highest BCUT2D eigenvalue weighted by Crippen LogP contribution is 2.30. The normalized spacial score (nSPS) is 15.4. The molecule has 0 radical (unpaired) electrons. The van der Waals surface area contributed by atoms with E-state index in [2.05, 4.69) is 4.99 Å². The number of cyclic esters (lactones) is 1. The fraction of sp³-hybridized carbons (Fsp3) is 0.0588. The highest BCUT2D eigenvalue weighted by atomic mass is 35.5. The van der Waals surface area contributed by atoms with Crippen LogP contribution in [0.4, 0.5) is 0 Å². The molecular formula is C17H10Cl3NO3. The summed E-state index contributed by atoms with van der Waals surface area (Å²) in [7, 11) is 1.51. The van der Waals surface area contributed by atoms with E-state index in [-0.39, 0.29) is 11.6 Å². The molecule has 1 aliphatic heterocycles. The molecule has 0 fully saturated rings. The molecule has 0 unspecified atom stereocenters. The number of rotatable bonds is 3. The van der Waals surface area contributed by atoms with Crippen molar-refractivity contribution in [3.8, 4) is 5.75 Å². The van der Waals surface area contributed by atoms with Gasteiger partial charge in [0.25, 0.3) is 0 Å². The molecule has 3 rings (SSSR count). The van der Waals surface area contributed by atoms with E-state index in [0.717, 1.165) is 0 Å². The first-order valence-corrected chi connectivity index (χ1v) is 7.93. The van der Waals surface area contributed by atoms with Crippen molar-refractivity contribution in [1.29, 1.82) is 0 Å². The van der Waals surface area contributed by atoms with E-state index in [1.807, 2.05) is 0 Å². The third kappa shape index (κ3) is 3.26. The molecule has 0 aliphatic carbocycles. The number of benzene rings is 2. The molecule has 1 heterocycles. The van der Waals surface area contributed by atoms with Gasteiger partial charge in [0.15, 0.2) is 5.70 Å². The molecular weight excluding hydrogens is 373 g/mol. The van der Waals surface area contributed by atoms with Crippen LogP contribution in [0.2, 0.25) is 15.1 Å². The maximum Gasteiger partial charge on any atom is 0.363 e. The van der Waals surface area contributed by atoms with E-state index in [4.69, 9.17) is 44.3 Å². The molecule has 4 nitrogen and oxygen atoms in total. The quantitative estimate of drug-likeness (QED) is 0.554. The number of ether oxygens (including phenoxy) is 2. The van der Waals surface area contributed by atoms with E-state index in [0.29, 0.717) is 31.9 Å². The second-order valence-electron chi connectivity index (χ2n) is 4.82. The van der Waals surface area contributed by atoms with Crippen molar-refractivity contribution >= 4 is 52.7 Å². The first kappa shape index (κ1) is 16.8. The van der Waals surface area contributed by atoms with Crippen molar-refractivity contribution in [3.63, 3.8) is 0 Å². The molecule has 7 heteroatoms. The van der Waals surface area contributed by atoms with Crippen molar-refractivity contribution in [2.75, 3.05) is 7.11 Å². The summed E-state index contributed by atoms with van der Waals surface area (Å²) in [5.74, 6) is 0.0137. The molecule has 0 saturated carbocycles.